The van der Waals surface area contributed by atoms with Crippen LogP contribution in [0.25, 0.3) is 6.08 Å². The molecule has 1 fully saturated rings. The molecule has 2 aliphatic heterocycles. The molecule has 0 atom stereocenters. The van der Waals surface area contributed by atoms with Crippen molar-refractivity contribution in [3.63, 3.8) is 0 Å². The lowest BCUT2D eigenvalue weighted by Gasteiger charge is -2.28. The summed E-state index contributed by atoms with van der Waals surface area (Å²) in [6, 6.07) is 15.8. The number of hydrogen-bond acceptors (Lipinski definition) is 4. The van der Waals surface area contributed by atoms with Gasteiger partial charge in [-0.3, -0.25) is 4.79 Å². The lowest BCUT2D eigenvalue weighted by Crippen LogP contribution is -2.36. The van der Waals surface area contributed by atoms with Gasteiger partial charge in [-0.1, -0.05) is 28.1 Å². The number of nitrogens with zero attached hydrogens (tertiary/aromatic N) is 3. The summed E-state index contributed by atoms with van der Waals surface area (Å²) < 4.78 is 6.37. The van der Waals surface area contributed by atoms with Crippen molar-refractivity contribution in [1.29, 1.82) is 0 Å². The summed E-state index contributed by atoms with van der Waals surface area (Å²) in [6.45, 7) is 5.22. The molecule has 0 saturated carbocycles. The van der Waals surface area contributed by atoms with Crippen molar-refractivity contribution < 1.29 is 9.53 Å². The molecule has 0 radical (unpaired) electrons. The molecule has 0 unspecified atom stereocenters. The van der Waals surface area contributed by atoms with E-state index in [1.807, 2.05) is 49.4 Å². The third-order valence-electron chi connectivity index (χ3n) is 4.71. The largest absolute Gasteiger partial charge is 0.378 e. The molecule has 2 aromatic carbocycles. The number of hydrazone groups is 1. The maximum absolute atomic E-state index is 12.8. The number of rotatable bonds is 3. The monoisotopic (exact) mass is 425 g/mol. The lowest BCUT2D eigenvalue weighted by atomic mass is 10.1. The van der Waals surface area contributed by atoms with Crippen LogP contribution in [0.1, 0.15) is 12.5 Å². The average molecular weight is 426 g/mol. The first-order chi connectivity index (χ1) is 13.1. The molecule has 2 aromatic rings. The molecule has 1 saturated heterocycles. The maximum atomic E-state index is 12.8. The van der Waals surface area contributed by atoms with Crippen LogP contribution in [0.5, 0.6) is 0 Å². The second-order valence-electron chi connectivity index (χ2n) is 6.53. The molecule has 0 spiro atoms. The molecule has 4 rings (SSSR count). The minimum atomic E-state index is -0.105. The first-order valence-electron chi connectivity index (χ1n) is 8.92. The van der Waals surface area contributed by atoms with Crippen LogP contribution < -0.4 is 9.91 Å². The van der Waals surface area contributed by atoms with E-state index >= 15 is 0 Å². The van der Waals surface area contributed by atoms with E-state index in [2.05, 4.69) is 38.1 Å². The Morgan fingerprint density at radius 1 is 1.00 bits per heavy atom. The van der Waals surface area contributed by atoms with E-state index in [1.54, 1.807) is 0 Å². The summed E-state index contributed by atoms with van der Waals surface area (Å²) >= 11 is 3.41. The molecule has 5 nitrogen and oxygen atoms in total. The molecule has 0 N–H and O–H groups in total. The zero-order chi connectivity index (χ0) is 18.8. The zero-order valence-electron chi connectivity index (χ0n) is 15.1. The minimum Gasteiger partial charge on any atom is -0.378 e. The number of amides is 1. The average Bonchev–Trinajstić information content (AvgIpc) is 2.98. The number of carbonyl (C=O) groups is 1. The molecular weight excluding hydrogens is 406 g/mol. The Bertz CT molecular complexity index is 898. The third-order valence-corrected chi connectivity index (χ3v) is 5.24. The van der Waals surface area contributed by atoms with Crippen LogP contribution in [0.3, 0.4) is 0 Å². The summed E-state index contributed by atoms with van der Waals surface area (Å²) in [6.07, 6.45) is 1.91. The van der Waals surface area contributed by atoms with Crippen LogP contribution in [-0.4, -0.2) is 37.9 Å². The highest BCUT2D eigenvalue weighted by Crippen LogP contribution is 2.26. The van der Waals surface area contributed by atoms with Crippen molar-refractivity contribution in [3.05, 3.63) is 64.1 Å². The summed E-state index contributed by atoms with van der Waals surface area (Å²) in [5.74, 6) is -0.105. The van der Waals surface area contributed by atoms with Gasteiger partial charge >= 0.3 is 0 Å². The van der Waals surface area contributed by atoms with E-state index in [4.69, 9.17) is 4.74 Å². The second kappa shape index (κ2) is 7.66. The van der Waals surface area contributed by atoms with Gasteiger partial charge in [-0.05, 0) is 55.0 Å². The van der Waals surface area contributed by atoms with Crippen molar-refractivity contribution in [3.8, 4) is 0 Å². The second-order valence-corrected chi connectivity index (χ2v) is 7.44. The van der Waals surface area contributed by atoms with E-state index in [0.717, 1.165) is 47.7 Å². The minimum absolute atomic E-state index is 0.105. The van der Waals surface area contributed by atoms with Gasteiger partial charge in [0.05, 0.1) is 30.2 Å². The van der Waals surface area contributed by atoms with Gasteiger partial charge in [-0.2, -0.15) is 10.1 Å². The molecule has 0 bridgehead atoms. The van der Waals surface area contributed by atoms with E-state index < -0.39 is 0 Å². The fraction of sp³-hybridized carbons (Fsp3) is 0.238. The molecule has 0 aromatic heterocycles. The quantitative estimate of drug-likeness (QED) is 0.695. The highest BCUT2D eigenvalue weighted by atomic mass is 79.9. The van der Waals surface area contributed by atoms with Gasteiger partial charge in [-0.15, -0.1) is 0 Å². The Morgan fingerprint density at radius 2 is 1.63 bits per heavy atom. The van der Waals surface area contributed by atoms with Gasteiger partial charge in [0.25, 0.3) is 5.91 Å². The van der Waals surface area contributed by atoms with E-state index in [1.165, 1.54) is 10.7 Å². The van der Waals surface area contributed by atoms with E-state index in [0.29, 0.717) is 5.57 Å². The normalized spacial score (nSPS) is 19.0. The molecular formula is C21H20BrN3O2. The topological polar surface area (TPSA) is 45.1 Å². The van der Waals surface area contributed by atoms with Gasteiger partial charge in [0, 0.05) is 23.2 Å². The lowest BCUT2D eigenvalue weighted by molar-refractivity contribution is -0.114. The summed E-state index contributed by atoms with van der Waals surface area (Å²) in [7, 11) is 0. The zero-order valence-corrected chi connectivity index (χ0v) is 16.6. The Labute approximate surface area is 167 Å². The van der Waals surface area contributed by atoms with Crippen molar-refractivity contribution in [2.75, 3.05) is 36.2 Å². The Hall–Kier alpha value is -2.44. The fourth-order valence-electron chi connectivity index (χ4n) is 3.21. The molecule has 138 valence electrons. The molecule has 27 heavy (non-hydrogen) atoms. The number of ether oxygens (including phenoxy) is 1. The molecule has 1 amide bonds. The molecule has 0 aliphatic carbocycles. The van der Waals surface area contributed by atoms with Crippen molar-refractivity contribution in [2.24, 2.45) is 5.10 Å². The van der Waals surface area contributed by atoms with Gasteiger partial charge in [0.15, 0.2) is 0 Å². The Kier molecular flexibility index (Phi) is 5.09. The predicted octanol–water partition coefficient (Wildman–Crippen LogP) is 4.09. The predicted molar refractivity (Wildman–Crippen MR) is 112 cm³/mol. The summed E-state index contributed by atoms with van der Waals surface area (Å²) in [5.41, 5.74) is 4.27. The maximum Gasteiger partial charge on any atom is 0.280 e. The number of morpholine rings is 1. The van der Waals surface area contributed by atoms with Crippen LogP contribution >= 0.6 is 15.9 Å². The molecule has 2 aliphatic rings. The van der Waals surface area contributed by atoms with Crippen LogP contribution in [0.15, 0.2) is 63.7 Å². The SMILES string of the molecule is CC1=NN(c2ccc(Br)cc2)C(=O)/C1=C\c1ccc(N2CCOCC2)cc1. The Balaban J connectivity index is 1.54. The van der Waals surface area contributed by atoms with Crippen molar-refractivity contribution in [1.82, 2.24) is 0 Å². The van der Waals surface area contributed by atoms with Crippen LogP contribution in [0.2, 0.25) is 0 Å². The summed E-state index contributed by atoms with van der Waals surface area (Å²) in [4.78, 5) is 15.1. The van der Waals surface area contributed by atoms with Crippen molar-refractivity contribution in [2.45, 2.75) is 6.92 Å². The molecule has 6 heteroatoms. The third kappa shape index (κ3) is 3.82. The van der Waals surface area contributed by atoms with Gasteiger partial charge < -0.3 is 9.64 Å². The number of carbonyl (C=O) groups excluding carboxylic acids is 1. The Morgan fingerprint density at radius 3 is 2.30 bits per heavy atom. The van der Waals surface area contributed by atoms with Crippen LogP contribution in [0, 0.1) is 0 Å². The fourth-order valence-corrected chi connectivity index (χ4v) is 3.48. The van der Waals surface area contributed by atoms with Crippen LogP contribution in [0.4, 0.5) is 11.4 Å². The van der Waals surface area contributed by atoms with Gasteiger partial charge in [-0.25, -0.2) is 0 Å². The first kappa shape index (κ1) is 17.9. The highest BCUT2D eigenvalue weighted by molar-refractivity contribution is 9.10. The number of anilines is 2. The standard InChI is InChI=1S/C21H20BrN3O2/c1-15-20(21(26)25(23-15)19-8-4-17(22)5-9-19)14-16-2-6-18(7-3-16)24-10-12-27-13-11-24/h2-9,14H,10-13H2,1H3/b20-14-. The number of halogens is 1. The van der Waals surface area contributed by atoms with Gasteiger partial charge in [0.2, 0.25) is 0 Å². The highest BCUT2D eigenvalue weighted by Gasteiger charge is 2.28. The van der Waals surface area contributed by atoms with Crippen molar-refractivity contribution >= 4 is 45.0 Å². The molecule has 2 heterocycles. The smallest absolute Gasteiger partial charge is 0.280 e. The van der Waals surface area contributed by atoms with Gasteiger partial charge in [0.1, 0.15) is 0 Å². The van der Waals surface area contributed by atoms with E-state index in [-0.39, 0.29) is 5.91 Å². The first-order valence-corrected chi connectivity index (χ1v) is 9.71. The number of benzene rings is 2. The number of hydrogen-bond donors (Lipinski definition) is 0. The van der Waals surface area contributed by atoms with Crippen LogP contribution in [-0.2, 0) is 9.53 Å². The summed E-state index contributed by atoms with van der Waals surface area (Å²) in [5, 5.41) is 5.89. The van der Waals surface area contributed by atoms with E-state index in [9.17, 15) is 4.79 Å².